The molecule has 2 N–H and O–H groups in total. The lowest BCUT2D eigenvalue weighted by Gasteiger charge is -2.21. The van der Waals surface area contributed by atoms with Crippen LogP contribution < -0.4 is 4.90 Å². The number of nitrogens with zero attached hydrogens (tertiary/aromatic N) is 4. The maximum absolute atomic E-state index is 10.5. The lowest BCUT2D eigenvalue weighted by molar-refractivity contribution is 0.0559. The minimum atomic E-state index is -0.926. The highest BCUT2D eigenvalue weighted by atomic mass is 16.3. The van der Waals surface area contributed by atoms with Crippen LogP contribution in [-0.2, 0) is 5.60 Å². The Balaban J connectivity index is 1.82. The van der Waals surface area contributed by atoms with E-state index < -0.39 is 5.60 Å². The van der Waals surface area contributed by atoms with Gasteiger partial charge in [-0.3, -0.25) is 0 Å². The first-order valence-corrected chi connectivity index (χ1v) is 5.52. The van der Waals surface area contributed by atoms with Crippen molar-refractivity contribution >= 4 is 5.82 Å². The minimum Gasteiger partial charge on any atom is -0.381 e. The number of anilines is 1. The van der Waals surface area contributed by atoms with Gasteiger partial charge in [0.2, 0.25) is 0 Å². The summed E-state index contributed by atoms with van der Waals surface area (Å²) in [7, 11) is 0. The molecule has 1 unspecified atom stereocenters. The molecular formula is C11H13N5O. The predicted molar refractivity (Wildman–Crippen MR) is 61.3 cm³/mol. The number of pyridine rings is 1. The first-order valence-electron chi connectivity index (χ1n) is 5.52. The third-order valence-electron chi connectivity index (χ3n) is 3.11. The standard InChI is InChI=1S/C11H13N5O/c17-11(9-7-13-15-14-9)4-6-16(8-11)10-3-1-2-5-12-10/h1-3,5,7,17H,4,6,8H2,(H,13,14,15). The van der Waals surface area contributed by atoms with E-state index in [2.05, 4.69) is 25.3 Å². The Hall–Kier alpha value is -1.95. The predicted octanol–water partition coefficient (Wildman–Crippen LogP) is 0.298. The van der Waals surface area contributed by atoms with Gasteiger partial charge in [0.1, 0.15) is 17.1 Å². The Morgan fingerprint density at radius 3 is 3.06 bits per heavy atom. The number of β-amino-alcohol motifs (C(OH)–C–C–N with tert-alkyl or cyclic N) is 1. The molecule has 17 heavy (non-hydrogen) atoms. The molecule has 3 rings (SSSR count). The molecule has 1 aliphatic heterocycles. The van der Waals surface area contributed by atoms with E-state index >= 15 is 0 Å². The average Bonchev–Trinajstić information content (AvgIpc) is 3.00. The summed E-state index contributed by atoms with van der Waals surface area (Å²) < 4.78 is 0. The lowest BCUT2D eigenvalue weighted by Crippen LogP contribution is -2.31. The SMILES string of the molecule is OC1(c2cn[nH]n2)CCN(c2ccccn2)C1. The molecular weight excluding hydrogens is 218 g/mol. The zero-order chi connectivity index (χ0) is 11.7. The van der Waals surface area contributed by atoms with Crippen LogP contribution in [0.3, 0.4) is 0 Å². The van der Waals surface area contributed by atoms with Gasteiger partial charge in [-0.15, -0.1) is 0 Å². The van der Waals surface area contributed by atoms with Gasteiger partial charge in [0, 0.05) is 19.2 Å². The highest BCUT2D eigenvalue weighted by Crippen LogP contribution is 2.32. The Bertz CT molecular complexity index is 486. The highest BCUT2D eigenvalue weighted by molar-refractivity contribution is 5.41. The number of aliphatic hydroxyl groups is 1. The zero-order valence-electron chi connectivity index (χ0n) is 9.24. The van der Waals surface area contributed by atoms with Crippen molar-refractivity contribution in [3.05, 3.63) is 36.3 Å². The van der Waals surface area contributed by atoms with Crippen LogP contribution >= 0.6 is 0 Å². The van der Waals surface area contributed by atoms with Crippen molar-refractivity contribution in [2.24, 2.45) is 0 Å². The van der Waals surface area contributed by atoms with Gasteiger partial charge in [0.25, 0.3) is 0 Å². The van der Waals surface area contributed by atoms with Crippen LogP contribution in [0.5, 0.6) is 0 Å². The molecule has 0 aromatic carbocycles. The summed E-state index contributed by atoms with van der Waals surface area (Å²) in [6, 6.07) is 5.76. The van der Waals surface area contributed by atoms with Gasteiger partial charge in [-0.25, -0.2) is 4.98 Å². The normalized spacial score (nSPS) is 24.2. The van der Waals surface area contributed by atoms with Crippen molar-refractivity contribution in [1.82, 2.24) is 20.4 Å². The molecule has 1 aliphatic rings. The Morgan fingerprint density at radius 1 is 1.41 bits per heavy atom. The van der Waals surface area contributed by atoms with Gasteiger partial charge < -0.3 is 10.0 Å². The molecule has 1 saturated heterocycles. The molecule has 0 amide bonds. The van der Waals surface area contributed by atoms with Crippen molar-refractivity contribution in [3.63, 3.8) is 0 Å². The van der Waals surface area contributed by atoms with E-state index in [0.29, 0.717) is 18.7 Å². The van der Waals surface area contributed by atoms with Crippen LogP contribution in [0.1, 0.15) is 12.1 Å². The largest absolute Gasteiger partial charge is 0.381 e. The second-order valence-corrected chi connectivity index (χ2v) is 4.25. The van der Waals surface area contributed by atoms with Crippen LogP contribution in [0.4, 0.5) is 5.82 Å². The maximum atomic E-state index is 10.5. The summed E-state index contributed by atoms with van der Waals surface area (Å²) in [6.45, 7) is 1.26. The summed E-state index contributed by atoms with van der Waals surface area (Å²) in [6.07, 6.45) is 3.96. The second-order valence-electron chi connectivity index (χ2n) is 4.25. The van der Waals surface area contributed by atoms with E-state index in [1.54, 1.807) is 12.4 Å². The first kappa shape index (κ1) is 10.2. The molecule has 0 radical (unpaired) electrons. The van der Waals surface area contributed by atoms with E-state index in [0.717, 1.165) is 12.4 Å². The Kier molecular flexibility index (Phi) is 2.29. The summed E-state index contributed by atoms with van der Waals surface area (Å²) >= 11 is 0. The number of rotatable bonds is 2. The fourth-order valence-corrected chi connectivity index (χ4v) is 2.17. The Morgan fingerprint density at radius 2 is 2.35 bits per heavy atom. The molecule has 88 valence electrons. The van der Waals surface area contributed by atoms with Gasteiger partial charge in [-0.05, 0) is 12.1 Å². The maximum Gasteiger partial charge on any atom is 0.129 e. The number of aromatic amines is 1. The van der Waals surface area contributed by atoms with Crippen LogP contribution in [0.15, 0.2) is 30.6 Å². The van der Waals surface area contributed by atoms with E-state index in [4.69, 9.17) is 0 Å². The molecule has 0 aliphatic carbocycles. The van der Waals surface area contributed by atoms with Crippen molar-refractivity contribution in [2.75, 3.05) is 18.0 Å². The second kappa shape index (κ2) is 3.81. The summed E-state index contributed by atoms with van der Waals surface area (Å²) in [5.41, 5.74) is -0.333. The zero-order valence-corrected chi connectivity index (χ0v) is 9.24. The quantitative estimate of drug-likeness (QED) is 0.777. The van der Waals surface area contributed by atoms with Crippen LogP contribution in [0.25, 0.3) is 0 Å². The third-order valence-corrected chi connectivity index (χ3v) is 3.11. The molecule has 1 fully saturated rings. The number of H-pyrrole nitrogens is 1. The molecule has 3 heterocycles. The monoisotopic (exact) mass is 231 g/mol. The lowest BCUT2D eigenvalue weighted by atomic mass is 10.0. The van der Waals surface area contributed by atoms with Crippen LogP contribution in [0.2, 0.25) is 0 Å². The van der Waals surface area contributed by atoms with E-state index in [9.17, 15) is 5.11 Å². The fraction of sp³-hybridized carbons (Fsp3) is 0.364. The molecule has 2 aromatic heterocycles. The first-order chi connectivity index (χ1) is 8.28. The topological polar surface area (TPSA) is 77.9 Å². The van der Waals surface area contributed by atoms with Gasteiger partial charge in [0.05, 0.1) is 12.7 Å². The van der Waals surface area contributed by atoms with Crippen molar-refractivity contribution in [1.29, 1.82) is 0 Å². The molecule has 0 spiro atoms. The smallest absolute Gasteiger partial charge is 0.129 e. The molecule has 0 saturated carbocycles. The number of hydrogen-bond donors (Lipinski definition) is 2. The molecule has 1 atom stereocenters. The summed E-state index contributed by atoms with van der Waals surface area (Å²) in [5.74, 6) is 0.881. The number of nitrogens with one attached hydrogen (secondary N) is 1. The van der Waals surface area contributed by atoms with Gasteiger partial charge in [0.15, 0.2) is 0 Å². The Labute approximate surface area is 98.3 Å². The molecule has 2 aromatic rings. The summed E-state index contributed by atoms with van der Waals surface area (Å²) in [5, 5.41) is 20.7. The van der Waals surface area contributed by atoms with Gasteiger partial charge in [-0.1, -0.05) is 6.07 Å². The number of aromatic nitrogens is 4. The van der Waals surface area contributed by atoms with Crippen molar-refractivity contribution in [2.45, 2.75) is 12.0 Å². The van der Waals surface area contributed by atoms with E-state index in [-0.39, 0.29) is 0 Å². The third kappa shape index (κ3) is 1.76. The van der Waals surface area contributed by atoms with Crippen molar-refractivity contribution < 1.29 is 5.11 Å². The van der Waals surface area contributed by atoms with E-state index in [1.165, 1.54) is 0 Å². The van der Waals surface area contributed by atoms with Gasteiger partial charge in [-0.2, -0.15) is 15.4 Å². The van der Waals surface area contributed by atoms with Crippen molar-refractivity contribution in [3.8, 4) is 0 Å². The molecule has 6 heteroatoms. The van der Waals surface area contributed by atoms with Crippen LogP contribution in [0, 0.1) is 0 Å². The number of hydrogen-bond acceptors (Lipinski definition) is 5. The molecule has 6 nitrogen and oxygen atoms in total. The van der Waals surface area contributed by atoms with Crippen LogP contribution in [-0.4, -0.2) is 38.6 Å². The fourth-order valence-electron chi connectivity index (χ4n) is 2.17. The molecule has 0 bridgehead atoms. The van der Waals surface area contributed by atoms with Gasteiger partial charge >= 0.3 is 0 Å². The summed E-state index contributed by atoms with van der Waals surface area (Å²) in [4.78, 5) is 6.33. The highest BCUT2D eigenvalue weighted by Gasteiger charge is 2.40. The average molecular weight is 231 g/mol. The minimum absolute atomic E-state index is 0.497. The van der Waals surface area contributed by atoms with E-state index in [1.807, 2.05) is 18.2 Å².